The molecule has 13 rings (SSSR count). The average Bonchev–Trinajstić information content (AvgIpc) is 3.82. The molecule has 0 N–H and O–H groups in total. The van der Waals surface area contributed by atoms with Crippen LogP contribution < -0.4 is 31.1 Å². The van der Waals surface area contributed by atoms with E-state index < -0.39 is 0 Å². The monoisotopic (exact) mass is 956 g/mol. The molecule has 5 heteroatoms. The maximum Gasteiger partial charge on any atom is 0.252 e. The van der Waals surface area contributed by atoms with Crippen molar-refractivity contribution >= 4 is 100 Å². The summed E-state index contributed by atoms with van der Waals surface area (Å²) in [5.74, 6) is 0. The summed E-state index contributed by atoms with van der Waals surface area (Å²) < 4.78 is 2.65. The third-order valence-corrected chi connectivity index (χ3v) is 18.8. The molecular formula is C67H66BN3S. The number of rotatable bonds is 4. The minimum Gasteiger partial charge on any atom is -0.334 e. The topological polar surface area (TPSA) is 9.72 Å². The molecule has 3 aliphatic heterocycles. The summed E-state index contributed by atoms with van der Waals surface area (Å²) in [5.41, 5.74) is 24.7. The molecule has 358 valence electrons. The van der Waals surface area contributed by atoms with Gasteiger partial charge in [0.1, 0.15) is 0 Å². The third-order valence-electron chi connectivity index (χ3n) is 17.7. The molecule has 4 aliphatic rings. The van der Waals surface area contributed by atoms with Crippen LogP contribution in [0.25, 0.3) is 31.3 Å². The maximum atomic E-state index is 2.80. The van der Waals surface area contributed by atoms with E-state index in [9.17, 15) is 0 Å². The standard InChI is InChI=1S/C67H66BN3S/c1-41-33-43(3)62-57(34-41)71(67(11)32-18-17-31-66(62,67)10)48-25-27-52-56(40-48)69(47-26-30-61-51(39-47)49-21-15-16-22-60(49)72-61)58-35-42(2)36-59-63(58)68(52)53-38-46(65(7,8)9)24-29-55(53)70(59)54-28-23-45(64(4,5)6)37-50(54)44-19-13-12-14-20-44/h12-16,19-30,33-40H,17-18,31-32H2,1-11H3. The van der Waals surface area contributed by atoms with Crippen LogP contribution in [0.3, 0.4) is 0 Å². The zero-order chi connectivity index (χ0) is 49.8. The highest BCUT2D eigenvalue weighted by Gasteiger charge is 2.58. The van der Waals surface area contributed by atoms with Gasteiger partial charge in [-0.05, 0) is 179 Å². The summed E-state index contributed by atoms with van der Waals surface area (Å²) >= 11 is 1.89. The van der Waals surface area contributed by atoms with Gasteiger partial charge in [-0.3, -0.25) is 0 Å². The Balaban J connectivity index is 1.12. The summed E-state index contributed by atoms with van der Waals surface area (Å²) in [6, 6.07) is 59.4. The lowest BCUT2D eigenvalue weighted by molar-refractivity contribution is 0.194. The van der Waals surface area contributed by atoms with Crippen molar-refractivity contribution in [1.29, 1.82) is 0 Å². The van der Waals surface area contributed by atoms with E-state index in [2.05, 4.69) is 243 Å². The number of fused-ring (bicyclic) bond motifs is 10. The van der Waals surface area contributed by atoms with Crippen molar-refractivity contribution in [1.82, 2.24) is 0 Å². The smallest absolute Gasteiger partial charge is 0.252 e. The molecule has 2 unspecified atom stereocenters. The molecule has 9 aromatic rings. The second-order valence-corrected chi connectivity index (χ2v) is 25.4. The van der Waals surface area contributed by atoms with Crippen LogP contribution in [0.4, 0.5) is 45.5 Å². The quantitative estimate of drug-likeness (QED) is 0.163. The molecule has 8 aromatic carbocycles. The van der Waals surface area contributed by atoms with Crippen LogP contribution in [0.15, 0.2) is 152 Å². The average molecular weight is 956 g/mol. The highest BCUT2D eigenvalue weighted by Crippen LogP contribution is 2.62. The van der Waals surface area contributed by atoms with Crippen molar-refractivity contribution in [3.63, 3.8) is 0 Å². The molecular weight excluding hydrogens is 890 g/mol. The van der Waals surface area contributed by atoms with E-state index in [-0.39, 0.29) is 28.5 Å². The number of thiophene rings is 1. The van der Waals surface area contributed by atoms with Crippen LogP contribution >= 0.6 is 11.3 Å². The molecule has 0 radical (unpaired) electrons. The van der Waals surface area contributed by atoms with Crippen LogP contribution in [-0.4, -0.2) is 12.3 Å². The Morgan fingerprint density at radius 1 is 0.500 bits per heavy atom. The van der Waals surface area contributed by atoms with Crippen molar-refractivity contribution in [3.05, 3.63) is 185 Å². The fourth-order valence-electron chi connectivity index (χ4n) is 13.9. The van der Waals surface area contributed by atoms with Gasteiger partial charge in [0.05, 0.1) is 11.2 Å². The fourth-order valence-corrected chi connectivity index (χ4v) is 15.0. The van der Waals surface area contributed by atoms with Gasteiger partial charge in [0.25, 0.3) is 6.71 Å². The van der Waals surface area contributed by atoms with Gasteiger partial charge >= 0.3 is 0 Å². The molecule has 72 heavy (non-hydrogen) atoms. The summed E-state index contributed by atoms with van der Waals surface area (Å²) in [6.07, 6.45) is 4.87. The van der Waals surface area contributed by atoms with E-state index in [1.165, 1.54) is 140 Å². The number of aryl methyl sites for hydroxylation is 3. The first kappa shape index (κ1) is 45.3. The minimum atomic E-state index is -0.0748. The first-order chi connectivity index (χ1) is 34.4. The van der Waals surface area contributed by atoms with Crippen molar-refractivity contribution in [2.24, 2.45) is 0 Å². The molecule has 0 bridgehead atoms. The summed E-state index contributed by atoms with van der Waals surface area (Å²) in [6.45, 7) is 26.2. The van der Waals surface area contributed by atoms with Crippen LogP contribution in [0, 0.1) is 20.8 Å². The molecule has 0 saturated heterocycles. The van der Waals surface area contributed by atoms with Gasteiger partial charge in [-0.2, -0.15) is 0 Å². The predicted molar refractivity (Wildman–Crippen MR) is 313 cm³/mol. The Bertz CT molecular complexity index is 3720. The first-order valence-corrected chi connectivity index (χ1v) is 27.3. The van der Waals surface area contributed by atoms with Crippen LogP contribution in [-0.2, 0) is 16.2 Å². The van der Waals surface area contributed by atoms with Crippen molar-refractivity contribution in [3.8, 4) is 11.1 Å². The molecule has 1 saturated carbocycles. The van der Waals surface area contributed by atoms with Crippen LogP contribution in [0.1, 0.15) is 114 Å². The number of hydrogen-bond donors (Lipinski definition) is 0. The predicted octanol–water partition coefficient (Wildman–Crippen LogP) is 17.1. The highest BCUT2D eigenvalue weighted by atomic mass is 32.1. The van der Waals surface area contributed by atoms with E-state index in [0.29, 0.717) is 0 Å². The zero-order valence-electron chi connectivity index (χ0n) is 44.1. The second kappa shape index (κ2) is 15.7. The molecule has 3 nitrogen and oxygen atoms in total. The van der Waals surface area contributed by atoms with Crippen LogP contribution in [0.5, 0.6) is 0 Å². The molecule has 1 aromatic heterocycles. The van der Waals surface area contributed by atoms with Crippen molar-refractivity contribution in [2.45, 2.75) is 124 Å². The van der Waals surface area contributed by atoms with Gasteiger partial charge in [-0.25, -0.2) is 0 Å². The summed E-state index contributed by atoms with van der Waals surface area (Å²) in [5, 5.41) is 2.63. The van der Waals surface area contributed by atoms with E-state index in [0.717, 1.165) is 6.42 Å². The van der Waals surface area contributed by atoms with Gasteiger partial charge in [0.15, 0.2) is 0 Å². The molecule has 2 atom stereocenters. The Labute approximate surface area is 432 Å². The van der Waals surface area contributed by atoms with Gasteiger partial charge in [0.2, 0.25) is 0 Å². The molecule has 4 heterocycles. The van der Waals surface area contributed by atoms with E-state index in [1.807, 2.05) is 11.3 Å². The lowest BCUT2D eigenvalue weighted by Crippen LogP contribution is -2.61. The lowest BCUT2D eigenvalue weighted by Gasteiger charge is -2.51. The number of hydrogen-bond acceptors (Lipinski definition) is 4. The summed E-state index contributed by atoms with van der Waals surface area (Å²) in [7, 11) is 0. The lowest BCUT2D eigenvalue weighted by atomic mass is 9.33. The minimum absolute atomic E-state index is 0.00457. The largest absolute Gasteiger partial charge is 0.334 e. The van der Waals surface area contributed by atoms with Crippen molar-refractivity contribution < 1.29 is 0 Å². The summed E-state index contributed by atoms with van der Waals surface area (Å²) in [4.78, 5) is 8.08. The first-order valence-electron chi connectivity index (χ1n) is 26.5. The van der Waals surface area contributed by atoms with Crippen LogP contribution in [0.2, 0.25) is 0 Å². The molecule has 1 fully saturated rings. The highest BCUT2D eigenvalue weighted by molar-refractivity contribution is 7.25. The Morgan fingerprint density at radius 2 is 1.14 bits per heavy atom. The Morgan fingerprint density at radius 3 is 1.90 bits per heavy atom. The SMILES string of the molecule is Cc1cc2c3c(c1)N(c1ccc(C(C)(C)C)cc1-c1ccccc1)c1ccc(C(C)(C)C)cc1B3c1ccc(N3c4cc(C)cc(C)c4C4(C)CCCCC34C)cc1N2c1ccc2sc3ccccc3c2c1. The Kier molecular flexibility index (Phi) is 9.90. The maximum absolute atomic E-state index is 2.80. The fraction of sp³-hybridized carbons (Fsp3) is 0.284. The van der Waals surface area contributed by atoms with E-state index in [1.54, 1.807) is 5.56 Å². The van der Waals surface area contributed by atoms with E-state index >= 15 is 0 Å². The van der Waals surface area contributed by atoms with Gasteiger partial charge in [-0.15, -0.1) is 11.3 Å². The number of nitrogens with zero attached hydrogens (tertiary/aromatic N) is 3. The molecule has 0 amide bonds. The van der Waals surface area contributed by atoms with Gasteiger partial charge < -0.3 is 14.7 Å². The van der Waals surface area contributed by atoms with Gasteiger partial charge in [-0.1, -0.05) is 140 Å². The number of benzene rings is 8. The normalized spacial score (nSPS) is 19.1. The molecule has 1 aliphatic carbocycles. The Hall–Kier alpha value is -6.56. The molecule has 0 spiro atoms. The zero-order valence-corrected chi connectivity index (χ0v) is 44.9. The second-order valence-electron chi connectivity index (χ2n) is 24.3. The van der Waals surface area contributed by atoms with E-state index in [4.69, 9.17) is 0 Å². The third kappa shape index (κ3) is 6.54. The van der Waals surface area contributed by atoms with Gasteiger partial charge in [0, 0.05) is 71.0 Å². The van der Waals surface area contributed by atoms with Crippen molar-refractivity contribution in [2.75, 3.05) is 14.7 Å². The number of anilines is 8.